The normalized spacial score (nSPS) is 11.7. The highest BCUT2D eigenvalue weighted by molar-refractivity contribution is 7.03. The van der Waals surface area contributed by atoms with Gasteiger partial charge in [-0.25, -0.2) is 0 Å². The predicted octanol–water partition coefficient (Wildman–Crippen LogP) is 0.680. The highest BCUT2D eigenvalue weighted by Gasteiger charge is 2.11. The van der Waals surface area contributed by atoms with Crippen molar-refractivity contribution in [1.29, 1.82) is 0 Å². The first kappa shape index (κ1) is 9.68. The number of carbonyl (C=O) groups is 1. The van der Waals surface area contributed by atoms with Crippen LogP contribution in [0.3, 0.4) is 0 Å². The number of amides is 1. The SMILES string of the molecule is C#CC(CC)NC(=O)c1csnn1. The highest BCUT2D eigenvalue weighted by atomic mass is 32.1. The predicted molar refractivity (Wildman–Crippen MR) is 50.3 cm³/mol. The van der Waals surface area contributed by atoms with Gasteiger partial charge in [-0.3, -0.25) is 4.79 Å². The second kappa shape index (κ2) is 4.58. The van der Waals surface area contributed by atoms with Crippen LogP contribution >= 0.6 is 11.5 Å². The van der Waals surface area contributed by atoms with Crippen LogP contribution in [-0.4, -0.2) is 21.5 Å². The van der Waals surface area contributed by atoms with Crippen LogP contribution in [0, 0.1) is 12.3 Å². The Hall–Kier alpha value is -1.41. The molecule has 0 aliphatic carbocycles. The van der Waals surface area contributed by atoms with Crippen LogP contribution in [0.2, 0.25) is 0 Å². The van der Waals surface area contributed by atoms with Gasteiger partial charge in [0.25, 0.3) is 5.91 Å². The minimum absolute atomic E-state index is 0.228. The fraction of sp³-hybridized carbons (Fsp3) is 0.375. The second-order valence-electron chi connectivity index (χ2n) is 2.39. The number of rotatable bonds is 3. The Morgan fingerprint density at radius 2 is 2.69 bits per heavy atom. The first-order valence-electron chi connectivity index (χ1n) is 3.82. The maximum absolute atomic E-state index is 11.3. The summed E-state index contributed by atoms with van der Waals surface area (Å²) in [4.78, 5) is 11.3. The van der Waals surface area contributed by atoms with E-state index in [0.717, 1.165) is 11.5 Å². The molecular weight excluding hydrogens is 186 g/mol. The molecule has 1 aromatic rings. The Bertz CT molecular complexity index is 315. The molecule has 1 rings (SSSR count). The molecule has 1 heterocycles. The topological polar surface area (TPSA) is 54.9 Å². The molecule has 0 saturated heterocycles. The van der Waals surface area contributed by atoms with Gasteiger partial charge in [-0.2, -0.15) is 0 Å². The Morgan fingerprint density at radius 1 is 1.92 bits per heavy atom. The van der Waals surface area contributed by atoms with Gasteiger partial charge in [0.05, 0.1) is 6.04 Å². The van der Waals surface area contributed by atoms with E-state index in [2.05, 4.69) is 20.8 Å². The van der Waals surface area contributed by atoms with Crippen molar-refractivity contribution in [2.75, 3.05) is 0 Å². The molecule has 1 aromatic heterocycles. The molecule has 0 bridgehead atoms. The van der Waals surface area contributed by atoms with Gasteiger partial charge in [0.2, 0.25) is 0 Å². The van der Waals surface area contributed by atoms with E-state index >= 15 is 0 Å². The average Bonchev–Trinajstić information content (AvgIpc) is 2.66. The molecule has 0 fully saturated rings. The molecule has 0 saturated carbocycles. The number of terminal acetylenes is 1. The minimum atomic E-state index is -0.265. The van der Waals surface area contributed by atoms with Gasteiger partial charge in [0.15, 0.2) is 5.69 Å². The van der Waals surface area contributed by atoms with E-state index in [4.69, 9.17) is 6.42 Å². The van der Waals surface area contributed by atoms with E-state index in [9.17, 15) is 4.79 Å². The van der Waals surface area contributed by atoms with Gasteiger partial charge in [0.1, 0.15) is 0 Å². The van der Waals surface area contributed by atoms with Crippen molar-refractivity contribution >= 4 is 17.4 Å². The largest absolute Gasteiger partial charge is 0.337 e. The number of carbonyl (C=O) groups excluding carboxylic acids is 1. The fourth-order valence-corrected chi connectivity index (χ4v) is 1.19. The molecule has 68 valence electrons. The molecule has 4 nitrogen and oxygen atoms in total. The molecule has 1 unspecified atom stereocenters. The maximum Gasteiger partial charge on any atom is 0.273 e. The first-order valence-corrected chi connectivity index (χ1v) is 4.65. The Labute approximate surface area is 80.5 Å². The van der Waals surface area contributed by atoms with Crippen molar-refractivity contribution < 1.29 is 4.79 Å². The number of aromatic nitrogens is 2. The van der Waals surface area contributed by atoms with Crippen molar-refractivity contribution in [3.8, 4) is 12.3 Å². The molecule has 0 aliphatic heterocycles. The fourth-order valence-electron chi connectivity index (χ4n) is 0.757. The molecule has 0 spiro atoms. The van der Waals surface area contributed by atoms with Crippen LogP contribution in [0.5, 0.6) is 0 Å². The lowest BCUT2D eigenvalue weighted by Crippen LogP contribution is -2.33. The summed E-state index contributed by atoms with van der Waals surface area (Å²) in [6, 6.07) is -0.228. The summed E-state index contributed by atoms with van der Waals surface area (Å²) in [5, 5.41) is 7.86. The standard InChI is InChI=1S/C8H9N3OS/c1-3-6(4-2)9-8(12)7-5-13-11-10-7/h1,5-6H,4H2,2H3,(H,9,12). The summed E-state index contributed by atoms with van der Waals surface area (Å²) in [5.74, 6) is 2.20. The van der Waals surface area contributed by atoms with E-state index in [-0.39, 0.29) is 11.9 Å². The average molecular weight is 195 g/mol. The lowest BCUT2D eigenvalue weighted by molar-refractivity contribution is 0.0940. The molecule has 0 radical (unpaired) electrons. The van der Waals surface area contributed by atoms with Crippen molar-refractivity contribution in [2.45, 2.75) is 19.4 Å². The van der Waals surface area contributed by atoms with Gasteiger partial charge in [-0.15, -0.1) is 11.5 Å². The molecule has 1 amide bonds. The molecule has 13 heavy (non-hydrogen) atoms. The zero-order valence-electron chi connectivity index (χ0n) is 7.15. The number of nitrogens with one attached hydrogen (secondary N) is 1. The van der Waals surface area contributed by atoms with Crippen LogP contribution in [0.4, 0.5) is 0 Å². The third kappa shape index (κ3) is 2.53. The summed E-state index contributed by atoms with van der Waals surface area (Å²) in [6.07, 6.45) is 5.89. The summed E-state index contributed by atoms with van der Waals surface area (Å²) in [5.41, 5.74) is 0.318. The second-order valence-corrected chi connectivity index (χ2v) is 3.00. The van der Waals surface area contributed by atoms with E-state index in [0.29, 0.717) is 12.1 Å². The van der Waals surface area contributed by atoms with Crippen molar-refractivity contribution in [2.24, 2.45) is 0 Å². The molecule has 0 aromatic carbocycles. The van der Waals surface area contributed by atoms with E-state index in [1.165, 1.54) is 0 Å². The monoisotopic (exact) mass is 195 g/mol. The van der Waals surface area contributed by atoms with Crippen molar-refractivity contribution in [1.82, 2.24) is 14.9 Å². The van der Waals surface area contributed by atoms with Crippen molar-refractivity contribution in [3.63, 3.8) is 0 Å². The third-order valence-corrected chi connectivity index (χ3v) is 2.01. The van der Waals surface area contributed by atoms with E-state index < -0.39 is 0 Å². The molecule has 1 atom stereocenters. The summed E-state index contributed by atoms with van der Waals surface area (Å²) < 4.78 is 3.58. The van der Waals surface area contributed by atoms with Crippen LogP contribution in [-0.2, 0) is 0 Å². The quantitative estimate of drug-likeness (QED) is 0.721. The smallest absolute Gasteiger partial charge is 0.273 e. The highest BCUT2D eigenvalue weighted by Crippen LogP contribution is 1.98. The van der Waals surface area contributed by atoms with Gasteiger partial charge >= 0.3 is 0 Å². The Kier molecular flexibility index (Phi) is 3.41. The Balaban J connectivity index is 2.57. The summed E-state index contributed by atoms with van der Waals surface area (Å²) >= 11 is 1.14. The summed E-state index contributed by atoms with van der Waals surface area (Å²) in [7, 11) is 0. The minimum Gasteiger partial charge on any atom is -0.337 e. The van der Waals surface area contributed by atoms with E-state index in [1.807, 2.05) is 6.92 Å². The van der Waals surface area contributed by atoms with E-state index in [1.54, 1.807) is 5.38 Å². The third-order valence-electron chi connectivity index (χ3n) is 1.51. The Morgan fingerprint density at radius 3 is 3.15 bits per heavy atom. The number of hydrogen-bond acceptors (Lipinski definition) is 4. The lowest BCUT2D eigenvalue weighted by Gasteiger charge is -2.07. The zero-order valence-corrected chi connectivity index (χ0v) is 7.97. The summed E-state index contributed by atoms with van der Waals surface area (Å²) in [6.45, 7) is 1.91. The molecular formula is C8H9N3OS. The molecule has 1 N–H and O–H groups in total. The number of hydrogen-bond donors (Lipinski definition) is 1. The van der Waals surface area contributed by atoms with Gasteiger partial charge in [-0.05, 0) is 18.0 Å². The van der Waals surface area contributed by atoms with Gasteiger partial charge < -0.3 is 5.32 Å². The maximum atomic E-state index is 11.3. The number of nitrogens with zero attached hydrogens (tertiary/aromatic N) is 2. The van der Waals surface area contributed by atoms with Gasteiger partial charge in [0, 0.05) is 5.38 Å². The first-order chi connectivity index (χ1) is 6.27. The van der Waals surface area contributed by atoms with Gasteiger partial charge in [-0.1, -0.05) is 17.3 Å². The lowest BCUT2D eigenvalue weighted by atomic mass is 10.2. The molecule has 5 heteroatoms. The van der Waals surface area contributed by atoms with Crippen LogP contribution in [0.25, 0.3) is 0 Å². The zero-order chi connectivity index (χ0) is 9.68. The molecule has 0 aliphatic rings. The van der Waals surface area contributed by atoms with Crippen molar-refractivity contribution in [3.05, 3.63) is 11.1 Å². The van der Waals surface area contributed by atoms with Crippen LogP contribution < -0.4 is 5.32 Å². The van der Waals surface area contributed by atoms with Crippen LogP contribution in [0.1, 0.15) is 23.8 Å². The van der Waals surface area contributed by atoms with Crippen LogP contribution in [0.15, 0.2) is 5.38 Å².